The van der Waals surface area contributed by atoms with Gasteiger partial charge in [0.1, 0.15) is 0 Å². The molecule has 0 unspecified atom stereocenters. The summed E-state index contributed by atoms with van der Waals surface area (Å²) in [4.78, 5) is 0. The molecule has 0 radical (unpaired) electrons. The summed E-state index contributed by atoms with van der Waals surface area (Å²) in [6, 6.07) is 11.9. The highest BCUT2D eigenvalue weighted by Gasteiger charge is 2.36. The summed E-state index contributed by atoms with van der Waals surface area (Å²) in [6.07, 6.45) is 16.1. The second kappa shape index (κ2) is 11.6. The zero-order valence-corrected chi connectivity index (χ0v) is 16.6. The Morgan fingerprint density at radius 2 is 1.23 bits per heavy atom. The average molecular weight is 435 g/mol. The molecule has 2 aromatic rings. The number of halogens is 3. The number of hydrogen-bond donors (Lipinski definition) is 0. The van der Waals surface area contributed by atoms with Gasteiger partial charge in [-0.15, -0.1) is 24.7 Å². The molecule has 0 fully saturated rings. The summed E-state index contributed by atoms with van der Waals surface area (Å²) in [5.74, 6) is 11.8. The molecule has 0 amide bonds. The monoisotopic (exact) mass is 435 g/mol. The van der Waals surface area contributed by atoms with Gasteiger partial charge in [0.05, 0.1) is 12.8 Å². The minimum Gasteiger partial charge on any atom is -0.741 e. The second-order valence-electron chi connectivity index (χ2n) is 5.62. The first-order valence-electron chi connectivity index (χ1n) is 8.48. The van der Waals surface area contributed by atoms with Gasteiger partial charge < -0.3 is 4.55 Å². The van der Waals surface area contributed by atoms with Gasteiger partial charge in [-0.3, -0.25) is 0 Å². The van der Waals surface area contributed by atoms with Crippen LogP contribution in [0, 0.1) is 36.5 Å². The third-order valence-corrected chi connectivity index (χ3v) is 4.04. The lowest BCUT2D eigenvalue weighted by Crippen LogP contribution is -2.37. The van der Waals surface area contributed by atoms with Crippen LogP contribution in [0.4, 0.5) is 13.2 Å². The zero-order chi connectivity index (χ0) is 22.6. The van der Waals surface area contributed by atoms with Crippen LogP contribution in [0.1, 0.15) is 24.2 Å². The van der Waals surface area contributed by atoms with Crippen molar-refractivity contribution in [2.24, 2.45) is 0 Å². The molecule has 30 heavy (non-hydrogen) atoms. The number of hydrogen-bond acceptors (Lipinski definition) is 3. The Kier molecular flexibility index (Phi) is 9.58. The molecule has 9 heteroatoms. The van der Waals surface area contributed by atoms with Crippen molar-refractivity contribution in [1.82, 2.24) is 0 Å². The maximum Gasteiger partial charge on any atom is 0.485 e. The minimum atomic E-state index is -6.09. The Morgan fingerprint density at radius 1 is 0.867 bits per heavy atom. The molecule has 2 heterocycles. The van der Waals surface area contributed by atoms with Crippen molar-refractivity contribution in [3.8, 4) is 36.5 Å². The maximum absolute atomic E-state index is 10.7. The van der Waals surface area contributed by atoms with E-state index in [0.717, 1.165) is 24.5 Å². The number of aromatic nitrogens is 2. The highest BCUT2D eigenvalue weighted by molar-refractivity contribution is 7.86. The molecule has 2 aromatic heterocycles. The molecule has 0 spiro atoms. The van der Waals surface area contributed by atoms with Crippen LogP contribution in [0.15, 0.2) is 48.8 Å². The molecule has 0 aromatic carbocycles. The lowest BCUT2D eigenvalue weighted by Gasteiger charge is -2.08. The quantitative estimate of drug-likeness (QED) is 0.318. The number of nitrogens with zero attached hydrogens (tertiary/aromatic N) is 2. The fourth-order valence-corrected chi connectivity index (χ4v) is 2.07. The molecule has 156 valence electrons. The first-order valence-corrected chi connectivity index (χ1v) is 9.89. The minimum absolute atomic E-state index is 0.691. The number of terminal acetylenes is 2. The number of pyridine rings is 2. The molecule has 0 aliphatic carbocycles. The Labute approximate surface area is 173 Å². The van der Waals surface area contributed by atoms with Gasteiger partial charge >= 0.3 is 5.51 Å². The van der Waals surface area contributed by atoms with Crippen LogP contribution in [-0.4, -0.2) is 18.5 Å². The van der Waals surface area contributed by atoms with Gasteiger partial charge in [0.2, 0.25) is 0 Å². The van der Waals surface area contributed by atoms with Crippen LogP contribution in [0.5, 0.6) is 0 Å². The fourth-order valence-electron chi connectivity index (χ4n) is 2.07. The van der Waals surface area contributed by atoms with Crippen molar-refractivity contribution in [2.45, 2.75) is 31.4 Å². The summed E-state index contributed by atoms with van der Waals surface area (Å²) in [7, 11) is -6.09. The first-order chi connectivity index (χ1) is 14.1. The van der Waals surface area contributed by atoms with Gasteiger partial charge in [-0.1, -0.05) is 0 Å². The first kappa shape index (κ1) is 24.7. The van der Waals surface area contributed by atoms with E-state index < -0.39 is 15.6 Å². The molecule has 0 N–H and O–H groups in total. The summed E-state index contributed by atoms with van der Waals surface area (Å²) in [5, 5.41) is 0. The van der Waals surface area contributed by atoms with Crippen LogP contribution in [0.2, 0.25) is 0 Å². The van der Waals surface area contributed by atoms with E-state index in [0.29, 0.717) is 12.8 Å². The molecule has 0 saturated carbocycles. The molecule has 2 rings (SSSR count). The third kappa shape index (κ3) is 8.36. The van der Waals surface area contributed by atoms with Gasteiger partial charge in [0, 0.05) is 36.1 Å². The summed E-state index contributed by atoms with van der Waals surface area (Å²) in [5.41, 5.74) is -3.75. The van der Waals surface area contributed by atoms with E-state index in [1.807, 2.05) is 48.8 Å². The van der Waals surface area contributed by atoms with Gasteiger partial charge in [-0.05, 0) is 12.1 Å². The van der Waals surface area contributed by atoms with Gasteiger partial charge in [-0.2, -0.15) is 22.3 Å². The van der Waals surface area contributed by atoms with E-state index >= 15 is 0 Å². The highest BCUT2D eigenvalue weighted by Crippen LogP contribution is 2.20. The number of rotatable bonds is 4. The summed E-state index contributed by atoms with van der Waals surface area (Å²) in [6.45, 7) is 1.54. The van der Waals surface area contributed by atoms with Crippen LogP contribution >= 0.6 is 0 Å². The van der Waals surface area contributed by atoms with E-state index in [4.69, 9.17) is 25.8 Å². The molecule has 5 nitrogen and oxygen atoms in total. The van der Waals surface area contributed by atoms with Crippen LogP contribution in [-0.2, 0) is 23.2 Å². The van der Waals surface area contributed by atoms with Crippen molar-refractivity contribution >= 4 is 10.1 Å². The van der Waals surface area contributed by atoms with Crippen LogP contribution in [0.3, 0.4) is 0 Å². The van der Waals surface area contributed by atoms with Crippen molar-refractivity contribution in [3.05, 3.63) is 60.2 Å². The maximum atomic E-state index is 10.7. The third-order valence-electron chi connectivity index (χ3n) is 3.48. The largest absolute Gasteiger partial charge is 0.741 e. The SMILES string of the molecule is C#CCC[n+]1ccccc1C#Cc1cccc[n+]1CCC#C.O=S(=O)([O-])C(F)(F)F. The van der Waals surface area contributed by atoms with Crippen molar-refractivity contribution in [2.75, 3.05) is 0 Å². The van der Waals surface area contributed by atoms with Gasteiger partial charge in [0.25, 0.3) is 11.4 Å². The summed E-state index contributed by atoms with van der Waals surface area (Å²) < 4.78 is 63.0. The lowest BCUT2D eigenvalue weighted by molar-refractivity contribution is -0.699. The molecule has 0 atom stereocenters. The fraction of sp³-hybridized carbons (Fsp3) is 0.238. The lowest BCUT2D eigenvalue weighted by atomic mass is 10.2. The average Bonchev–Trinajstić information content (AvgIpc) is 2.69. The predicted molar refractivity (Wildman–Crippen MR) is 102 cm³/mol. The smallest absolute Gasteiger partial charge is 0.485 e. The standard InChI is InChI=1S/C20H18N2.CHF3O3S/c1-3-5-15-21-17-9-7-11-19(21)13-14-20-12-8-10-18-22(20)16-6-4-2;2-1(3,4)8(5,6)7/h1-2,7-12,17-18H,5-6,15-16H2;(H,5,6,7)/q+2;/p-1. The Hall–Kier alpha value is -3.32. The van der Waals surface area contributed by atoms with E-state index in [-0.39, 0.29) is 0 Å². The molecular weight excluding hydrogens is 417 g/mol. The zero-order valence-electron chi connectivity index (χ0n) is 15.8. The predicted octanol–water partition coefficient (Wildman–Crippen LogP) is 1.76. The van der Waals surface area contributed by atoms with Crippen LogP contribution < -0.4 is 9.13 Å². The van der Waals surface area contributed by atoms with Gasteiger partial charge in [-0.25, -0.2) is 8.42 Å². The van der Waals surface area contributed by atoms with Crippen LogP contribution in [0.25, 0.3) is 0 Å². The van der Waals surface area contributed by atoms with E-state index in [1.165, 1.54) is 0 Å². The molecule has 0 saturated heterocycles. The Bertz CT molecular complexity index is 1040. The topological polar surface area (TPSA) is 65.0 Å². The number of alkyl halides is 3. The molecular formula is C21H18F3N2O3S+. The van der Waals surface area contributed by atoms with Crippen molar-refractivity contribution in [3.63, 3.8) is 0 Å². The molecule has 0 aliphatic rings. The van der Waals surface area contributed by atoms with Crippen molar-refractivity contribution in [1.29, 1.82) is 0 Å². The Balaban J connectivity index is 0.000000479. The normalized spacial score (nSPS) is 10.5. The molecule has 0 bridgehead atoms. The Morgan fingerprint density at radius 3 is 1.53 bits per heavy atom. The van der Waals surface area contributed by atoms with E-state index in [1.54, 1.807) is 0 Å². The summed E-state index contributed by atoms with van der Waals surface area (Å²) >= 11 is 0. The number of aryl methyl sites for hydroxylation is 2. The highest BCUT2D eigenvalue weighted by atomic mass is 32.2. The molecule has 0 aliphatic heterocycles. The van der Waals surface area contributed by atoms with Crippen molar-refractivity contribution < 1.29 is 35.3 Å². The van der Waals surface area contributed by atoms with E-state index in [2.05, 4.69) is 32.8 Å². The second-order valence-corrected chi connectivity index (χ2v) is 6.99. The van der Waals surface area contributed by atoms with E-state index in [9.17, 15) is 13.2 Å². The van der Waals surface area contributed by atoms with Gasteiger partial charge in [0.15, 0.2) is 35.6 Å².